The minimum Gasteiger partial charge on any atom is -0.310 e. The van der Waals surface area contributed by atoms with Gasteiger partial charge in [-0.05, 0) is 36.5 Å². The van der Waals surface area contributed by atoms with Gasteiger partial charge in [0.2, 0.25) is 0 Å². The summed E-state index contributed by atoms with van der Waals surface area (Å²) in [4.78, 5) is 4.36. The smallest absolute Gasteiger partial charge is 0.0346 e. The van der Waals surface area contributed by atoms with Crippen LogP contribution in [0.1, 0.15) is 31.2 Å². The number of hydrogen-bond acceptors (Lipinski definition) is 3. The van der Waals surface area contributed by atoms with E-state index >= 15 is 0 Å². The van der Waals surface area contributed by atoms with E-state index in [-0.39, 0.29) is 0 Å². The Balaban J connectivity index is 1.68. The SMILES string of the molecule is CSC1CCCC(NCc2cncc3ccccc23)C1. The average molecular weight is 286 g/mol. The van der Waals surface area contributed by atoms with Gasteiger partial charge in [-0.2, -0.15) is 11.8 Å². The van der Waals surface area contributed by atoms with Gasteiger partial charge in [0.05, 0.1) is 0 Å². The highest BCUT2D eigenvalue weighted by Gasteiger charge is 2.20. The Morgan fingerprint density at radius 3 is 3.05 bits per heavy atom. The Morgan fingerprint density at radius 2 is 2.15 bits per heavy atom. The maximum absolute atomic E-state index is 4.36. The molecule has 1 aliphatic carbocycles. The molecule has 0 saturated heterocycles. The van der Waals surface area contributed by atoms with E-state index in [9.17, 15) is 0 Å². The van der Waals surface area contributed by atoms with E-state index in [1.165, 1.54) is 42.0 Å². The zero-order chi connectivity index (χ0) is 13.8. The fraction of sp³-hybridized carbons (Fsp3) is 0.471. The molecule has 2 nitrogen and oxygen atoms in total. The summed E-state index contributed by atoms with van der Waals surface area (Å²) in [6.07, 6.45) is 11.6. The minimum absolute atomic E-state index is 0.667. The van der Waals surface area contributed by atoms with Crippen molar-refractivity contribution >= 4 is 22.5 Å². The highest BCUT2D eigenvalue weighted by Crippen LogP contribution is 2.27. The molecule has 20 heavy (non-hydrogen) atoms. The number of hydrogen-bond donors (Lipinski definition) is 1. The van der Waals surface area contributed by atoms with Crippen molar-refractivity contribution < 1.29 is 0 Å². The number of rotatable bonds is 4. The molecule has 1 aromatic heterocycles. The molecule has 106 valence electrons. The summed E-state index contributed by atoms with van der Waals surface area (Å²) in [5.41, 5.74) is 1.31. The third kappa shape index (κ3) is 3.15. The maximum Gasteiger partial charge on any atom is 0.0346 e. The van der Waals surface area contributed by atoms with Crippen LogP contribution in [0.15, 0.2) is 36.7 Å². The van der Waals surface area contributed by atoms with Crippen molar-refractivity contribution in [3.63, 3.8) is 0 Å². The van der Waals surface area contributed by atoms with Crippen molar-refractivity contribution in [2.45, 2.75) is 43.5 Å². The average Bonchev–Trinajstić information content (AvgIpc) is 2.53. The first-order valence-corrected chi connectivity index (χ1v) is 8.73. The van der Waals surface area contributed by atoms with Gasteiger partial charge in [0, 0.05) is 35.6 Å². The van der Waals surface area contributed by atoms with Crippen LogP contribution < -0.4 is 5.32 Å². The minimum atomic E-state index is 0.667. The van der Waals surface area contributed by atoms with E-state index in [1.807, 2.05) is 24.2 Å². The van der Waals surface area contributed by atoms with Crippen LogP contribution >= 0.6 is 11.8 Å². The van der Waals surface area contributed by atoms with E-state index in [4.69, 9.17) is 0 Å². The van der Waals surface area contributed by atoms with Crippen molar-refractivity contribution in [3.8, 4) is 0 Å². The number of aromatic nitrogens is 1. The van der Waals surface area contributed by atoms with Crippen LogP contribution in [-0.2, 0) is 6.54 Å². The Kier molecular flexibility index (Phi) is 4.58. The van der Waals surface area contributed by atoms with Gasteiger partial charge in [-0.25, -0.2) is 0 Å². The molecule has 3 rings (SSSR count). The lowest BCUT2D eigenvalue weighted by atomic mass is 9.94. The molecule has 0 radical (unpaired) electrons. The molecule has 0 aliphatic heterocycles. The molecule has 1 N–H and O–H groups in total. The molecule has 1 fully saturated rings. The second-order valence-corrected chi connectivity index (χ2v) is 6.76. The molecular formula is C17H22N2S. The van der Waals surface area contributed by atoms with Crippen LogP contribution in [0.5, 0.6) is 0 Å². The molecule has 0 bridgehead atoms. The van der Waals surface area contributed by atoms with Crippen molar-refractivity contribution in [2.75, 3.05) is 6.26 Å². The fourth-order valence-electron chi connectivity index (χ4n) is 3.12. The second-order valence-electron chi connectivity index (χ2n) is 5.62. The molecule has 2 atom stereocenters. The third-order valence-electron chi connectivity index (χ3n) is 4.29. The van der Waals surface area contributed by atoms with E-state index in [0.717, 1.165) is 11.8 Å². The predicted octanol–water partition coefficient (Wildman–Crippen LogP) is 4.00. The van der Waals surface area contributed by atoms with Crippen molar-refractivity contribution in [1.82, 2.24) is 10.3 Å². The Morgan fingerprint density at radius 1 is 1.25 bits per heavy atom. The topological polar surface area (TPSA) is 24.9 Å². The van der Waals surface area contributed by atoms with E-state index in [0.29, 0.717) is 6.04 Å². The van der Waals surface area contributed by atoms with Crippen molar-refractivity contribution in [3.05, 3.63) is 42.2 Å². The monoisotopic (exact) mass is 286 g/mol. The lowest BCUT2D eigenvalue weighted by Crippen LogP contribution is -2.34. The quantitative estimate of drug-likeness (QED) is 0.919. The summed E-state index contributed by atoms with van der Waals surface area (Å²) in [7, 11) is 0. The summed E-state index contributed by atoms with van der Waals surface area (Å²) in [5.74, 6) is 0. The maximum atomic E-state index is 4.36. The van der Waals surface area contributed by atoms with Crippen LogP contribution in [0, 0.1) is 0 Å². The number of thioether (sulfide) groups is 1. The molecular weight excluding hydrogens is 264 g/mol. The third-order valence-corrected chi connectivity index (χ3v) is 5.39. The van der Waals surface area contributed by atoms with Gasteiger partial charge >= 0.3 is 0 Å². The number of nitrogens with one attached hydrogen (secondary N) is 1. The van der Waals surface area contributed by atoms with Gasteiger partial charge in [0.1, 0.15) is 0 Å². The first-order valence-electron chi connectivity index (χ1n) is 7.44. The molecule has 0 amide bonds. The molecule has 2 aromatic rings. The van der Waals surface area contributed by atoms with Gasteiger partial charge in [-0.15, -0.1) is 0 Å². The van der Waals surface area contributed by atoms with Gasteiger partial charge in [-0.3, -0.25) is 4.98 Å². The summed E-state index contributed by atoms with van der Waals surface area (Å²) in [5, 5.41) is 7.14. The highest BCUT2D eigenvalue weighted by atomic mass is 32.2. The lowest BCUT2D eigenvalue weighted by Gasteiger charge is -2.29. The fourth-order valence-corrected chi connectivity index (χ4v) is 3.95. The molecule has 2 unspecified atom stereocenters. The number of benzene rings is 1. The van der Waals surface area contributed by atoms with Crippen LogP contribution in [0.25, 0.3) is 10.8 Å². The summed E-state index contributed by atoms with van der Waals surface area (Å²) in [6.45, 7) is 0.931. The largest absolute Gasteiger partial charge is 0.310 e. The van der Waals surface area contributed by atoms with Gasteiger partial charge in [0.15, 0.2) is 0 Å². The molecule has 1 saturated carbocycles. The Labute approximate surface area is 125 Å². The van der Waals surface area contributed by atoms with Gasteiger partial charge < -0.3 is 5.32 Å². The van der Waals surface area contributed by atoms with Crippen molar-refractivity contribution in [2.24, 2.45) is 0 Å². The van der Waals surface area contributed by atoms with Crippen LogP contribution in [0.4, 0.5) is 0 Å². The molecule has 3 heteroatoms. The standard InChI is InChI=1S/C17H22N2S/c1-20-16-7-4-6-15(9-16)19-12-14-11-18-10-13-5-2-3-8-17(13)14/h2-3,5,8,10-11,15-16,19H,4,6-7,9,12H2,1H3. The van der Waals surface area contributed by atoms with Crippen LogP contribution in [0.3, 0.4) is 0 Å². The summed E-state index contributed by atoms with van der Waals surface area (Å²) < 4.78 is 0. The highest BCUT2D eigenvalue weighted by molar-refractivity contribution is 7.99. The molecule has 1 heterocycles. The van der Waals surface area contributed by atoms with Gasteiger partial charge in [-0.1, -0.05) is 30.7 Å². The molecule has 0 spiro atoms. The zero-order valence-electron chi connectivity index (χ0n) is 12.0. The van der Waals surface area contributed by atoms with Crippen LogP contribution in [0.2, 0.25) is 0 Å². The van der Waals surface area contributed by atoms with Crippen LogP contribution in [-0.4, -0.2) is 22.5 Å². The zero-order valence-corrected chi connectivity index (χ0v) is 12.8. The van der Waals surface area contributed by atoms with Gasteiger partial charge in [0.25, 0.3) is 0 Å². The Bertz CT molecular complexity index is 564. The first kappa shape index (κ1) is 13.9. The number of fused-ring (bicyclic) bond motifs is 1. The molecule has 1 aromatic carbocycles. The van der Waals surface area contributed by atoms with E-state index < -0.39 is 0 Å². The number of nitrogens with zero attached hydrogens (tertiary/aromatic N) is 1. The van der Waals surface area contributed by atoms with E-state index in [1.54, 1.807) is 0 Å². The summed E-state index contributed by atoms with van der Waals surface area (Å²) >= 11 is 2.02. The number of pyridine rings is 1. The van der Waals surface area contributed by atoms with E-state index in [2.05, 4.69) is 40.8 Å². The Hall–Kier alpha value is -1.06. The molecule has 1 aliphatic rings. The van der Waals surface area contributed by atoms with Crippen molar-refractivity contribution in [1.29, 1.82) is 0 Å². The predicted molar refractivity (Wildman–Crippen MR) is 88.1 cm³/mol. The summed E-state index contributed by atoms with van der Waals surface area (Å²) in [6, 6.07) is 9.18. The second kappa shape index (κ2) is 6.59. The lowest BCUT2D eigenvalue weighted by molar-refractivity contribution is 0.380. The normalized spacial score (nSPS) is 23.1. The first-order chi connectivity index (χ1) is 9.86.